The minimum atomic E-state index is 0.253. The van der Waals surface area contributed by atoms with E-state index in [1.807, 2.05) is 18.2 Å². The molecule has 0 aliphatic carbocycles. The van der Waals surface area contributed by atoms with Gasteiger partial charge in [-0.3, -0.25) is 0 Å². The molecule has 0 saturated heterocycles. The first-order valence-corrected chi connectivity index (χ1v) is 5.19. The summed E-state index contributed by atoms with van der Waals surface area (Å²) in [6.07, 6.45) is 0.810. The largest absolute Gasteiger partial charge is 0.396 e. The van der Waals surface area contributed by atoms with Gasteiger partial charge >= 0.3 is 0 Å². The van der Waals surface area contributed by atoms with Crippen LogP contribution in [-0.2, 0) is 6.54 Å². The summed E-state index contributed by atoms with van der Waals surface area (Å²) in [6, 6.07) is 8.13. The Morgan fingerprint density at radius 3 is 2.77 bits per heavy atom. The molecule has 1 aromatic rings. The zero-order valence-electron chi connectivity index (χ0n) is 7.46. The molecule has 0 aromatic heterocycles. The first kappa shape index (κ1) is 10.7. The molecule has 0 fully saturated rings. The lowest BCUT2D eigenvalue weighted by Crippen LogP contribution is -2.15. The van der Waals surface area contributed by atoms with Crippen LogP contribution >= 0.6 is 15.9 Å². The molecule has 1 rings (SSSR count). The van der Waals surface area contributed by atoms with Crippen LogP contribution in [0.3, 0.4) is 0 Å². The highest BCUT2D eigenvalue weighted by atomic mass is 79.9. The standard InChI is InChI=1S/C10H14BrNO/c11-10-5-2-1-4-9(10)8-12-6-3-7-13/h1-2,4-5,12-13H,3,6-8H2. The first-order valence-electron chi connectivity index (χ1n) is 4.39. The molecule has 0 heterocycles. The van der Waals surface area contributed by atoms with Crippen molar-refractivity contribution in [3.8, 4) is 0 Å². The van der Waals surface area contributed by atoms with Crippen LogP contribution in [0, 0.1) is 0 Å². The van der Waals surface area contributed by atoms with Gasteiger partial charge < -0.3 is 10.4 Å². The van der Waals surface area contributed by atoms with Gasteiger partial charge in [0.2, 0.25) is 0 Å². The quantitative estimate of drug-likeness (QED) is 0.775. The third-order valence-electron chi connectivity index (χ3n) is 1.78. The predicted octanol–water partition coefficient (Wildman–Crippen LogP) is 1.92. The van der Waals surface area contributed by atoms with E-state index in [2.05, 4.69) is 27.3 Å². The minimum Gasteiger partial charge on any atom is -0.396 e. The Morgan fingerprint density at radius 2 is 2.08 bits per heavy atom. The smallest absolute Gasteiger partial charge is 0.0443 e. The fraction of sp³-hybridized carbons (Fsp3) is 0.400. The van der Waals surface area contributed by atoms with Crippen LogP contribution in [0.2, 0.25) is 0 Å². The highest BCUT2D eigenvalue weighted by Gasteiger charge is 1.96. The van der Waals surface area contributed by atoms with Crippen molar-refractivity contribution in [2.45, 2.75) is 13.0 Å². The Bertz CT molecular complexity index is 252. The highest BCUT2D eigenvalue weighted by molar-refractivity contribution is 9.10. The molecule has 0 aliphatic rings. The monoisotopic (exact) mass is 243 g/mol. The normalized spacial score (nSPS) is 10.3. The van der Waals surface area contributed by atoms with Crippen LogP contribution in [0.15, 0.2) is 28.7 Å². The van der Waals surface area contributed by atoms with Crippen molar-refractivity contribution in [1.29, 1.82) is 0 Å². The van der Waals surface area contributed by atoms with Crippen LogP contribution in [-0.4, -0.2) is 18.3 Å². The second kappa shape index (κ2) is 6.13. The maximum absolute atomic E-state index is 8.57. The van der Waals surface area contributed by atoms with E-state index < -0.39 is 0 Å². The van der Waals surface area contributed by atoms with Crippen LogP contribution in [0.1, 0.15) is 12.0 Å². The summed E-state index contributed by atoms with van der Waals surface area (Å²) in [7, 11) is 0. The summed E-state index contributed by atoms with van der Waals surface area (Å²) >= 11 is 3.48. The lowest BCUT2D eigenvalue weighted by Gasteiger charge is -2.05. The Kier molecular flexibility index (Phi) is 5.05. The molecular formula is C10H14BrNO. The number of halogens is 1. The molecule has 0 saturated carbocycles. The summed E-state index contributed by atoms with van der Waals surface area (Å²) in [5.41, 5.74) is 1.25. The molecule has 13 heavy (non-hydrogen) atoms. The zero-order chi connectivity index (χ0) is 9.52. The number of nitrogens with one attached hydrogen (secondary N) is 1. The van der Waals surface area contributed by atoms with Gasteiger partial charge in [-0.2, -0.15) is 0 Å². The van der Waals surface area contributed by atoms with Gasteiger partial charge in [0.25, 0.3) is 0 Å². The maximum Gasteiger partial charge on any atom is 0.0443 e. The average molecular weight is 244 g/mol. The summed E-state index contributed by atoms with van der Waals surface area (Å²) in [6.45, 7) is 1.96. The predicted molar refractivity (Wildman–Crippen MR) is 57.6 cm³/mol. The number of hydrogen-bond donors (Lipinski definition) is 2. The van der Waals surface area contributed by atoms with E-state index in [4.69, 9.17) is 5.11 Å². The molecule has 1 aromatic carbocycles. The summed E-state index contributed by atoms with van der Waals surface area (Å²) < 4.78 is 1.13. The molecular weight excluding hydrogens is 230 g/mol. The fourth-order valence-electron chi connectivity index (χ4n) is 1.07. The Morgan fingerprint density at radius 1 is 1.31 bits per heavy atom. The molecule has 3 heteroatoms. The summed E-state index contributed by atoms with van der Waals surface area (Å²) in [4.78, 5) is 0. The van der Waals surface area contributed by atoms with Crippen LogP contribution in [0.4, 0.5) is 0 Å². The molecule has 0 unspecified atom stereocenters. The van der Waals surface area contributed by atoms with Crippen LogP contribution in [0.25, 0.3) is 0 Å². The van der Waals surface area contributed by atoms with Gasteiger partial charge in [0.1, 0.15) is 0 Å². The molecule has 0 atom stereocenters. The molecule has 2 N–H and O–H groups in total. The first-order chi connectivity index (χ1) is 6.34. The van der Waals surface area contributed by atoms with E-state index in [0.717, 1.165) is 24.0 Å². The van der Waals surface area contributed by atoms with Crippen molar-refractivity contribution in [2.24, 2.45) is 0 Å². The molecule has 0 spiro atoms. The molecule has 72 valence electrons. The Balaban J connectivity index is 2.32. The summed E-state index contributed by atoms with van der Waals surface area (Å²) in [5.74, 6) is 0. The van der Waals surface area contributed by atoms with Crippen molar-refractivity contribution in [3.05, 3.63) is 34.3 Å². The number of hydrogen-bond acceptors (Lipinski definition) is 2. The SMILES string of the molecule is OCCCNCc1ccccc1Br. The van der Waals surface area contributed by atoms with Crippen LogP contribution in [0.5, 0.6) is 0 Å². The van der Waals surface area contributed by atoms with Gasteiger partial charge in [0.05, 0.1) is 0 Å². The molecule has 0 radical (unpaired) electrons. The van der Waals surface area contributed by atoms with Crippen LogP contribution < -0.4 is 5.32 Å². The van der Waals surface area contributed by atoms with E-state index in [0.29, 0.717) is 0 Å². The van der Waals surface area contributed by atoms with Gasteiger partial charge in [-0.25, -0.2) is 0 Å². The second-order valence-corrected chi connectivity index (χ2v) is 3.70. The lowest BCUT2D eigenvalue weighted by atomic mass is 10.2. The van der Waals surface area contributed by atoms with Gasteiger partial charge in [-0.05, 0) is 24.6 Å². The number of aliphatic hydroxyl groups is 1. The number of rotatable bonds is 5. The number of benzene rings is 1. The van der Waals surface area contributed by atoms with Crippen molar-refractivity contribution >= 4 is 15.9 Å². The number of aliphatic hydroxyl groups excluding tert-OH is 1. The Hall–Kier alpha value is -0.380. The second-order valence-electron chi connectivity index (χ2n) is 2.85. The molecule has 0 bridgehead atoms. The van der Waals surface area contributed by atoms with E-state index in [1.54, 1.807) is 0 Å². The van der Waals surface area contributed by atoms with Gasteiger partial charge in [0.15, 0.2) is 0 Å². The maximum atomic E-state index is 8.57. The van der Waals surface area contributed by atoms with Gasteiger partial charge in [-0.1, -0.05) is 34.1 Å². The summed E-state index contributed by atoms with van der Waals surface area (Å²) in [5, 5.41) is 11.8. The van der Waals surface area contributed by atoms with E-state index in [1.165, 1.54) is 5.56 Å². The lowest BCUT2D eigenvalue weighted by molar-refractivity contribution is 0.286. The van der Waals surface area contributed by atoms with Crippen molar-refractivity contribution in [3.63, 3.8) is 0 Å². The van der Waals surface area contributed by atoms with Crippen molar-refractivity contribution < 1.29 is 5.11 Å². The van der Waals surface area contributed by atoms with Gasteiger partial charge in [0, 0.05) is 17.6 Å². The van der Waals surface area contributed by atoms with E-state index in [-0.39, 0.29) is 6.61 Å². The van der Waals surface area contributed by atoms with Crippen molar-refractivity contribution in [1.82, 2.24) is 5.32 Å². The molecule has 2 nitrogen and oxygen atoms in total. The van der Waals surface area contributed by atoms with Crippen molar-refractivity contribution in [2.75, 3.05) is 13.2 Å². The third-order valence-corrected chi connectivity index (χ3v) is 2.56. The molecule has 0 amide bonds. The third kappa shape index (κ3) is 3.89. The molecule has 0 aliphatic heterocycles. The fourth-order valence-corrected chi connectivity index (χ4v) is 1.49. The zero-order valence-corrected chi connectivity index (χ0v) is 9.05. The topological polar surface area (TPSA) is 32.3 Å². The minimum absolute atomic E-state index is 0.253. The average Bonchev–Trinajstić information content (AvgIpc) is 2.15. The van der Waals surface area contributed by atoms with E-state index in [9.17, 15) is 0 Å². The van der Waals surface area contributed by atoms with Gasteiger partial charge in [-0.15, -0.1) is 0 Å². The highest BCUT2D eigenvalue weighted by Crippen LogP contribution is 2.14. The van der Waals surface area contributed by atoms with E-state index >= 15 is 0 Å². The Labute approximate surface area is 87.1 Å².